The molecular formula is C14H18N4O. The molecule has 0 radical (unpaired) electrons. The van der Waals surface area contributed by atoms with Gasteiger partial charge in [-0.1, -0.05) is 29.4 Å². The highest BCUT2D eigenvalue weighted by atomic mass is 16.5. The van der Waals surface area contributed by atoms with Crippen LogP contribution in [0.15, 0.2) is 34.9 Å². The van der Waals surface area contributed by atoms with Crippen LogP contribution in [0.4, 0.5) is 0 Å². The Morgan fingerprint density at radius 1 is 1.32 bits per heavy atom. The van der Waals surface area contributed by atoms with Gasteiger partial charge < -0.3 is 15.2 Å². The number of rotatable bonds is 3. The van der Waals surface area contributed by atoms with Crippen LogP contribution in [0.25, 0.3) is 11.3 Å². The second kappa shape index (κ2) is 5.24. The maximum Gasteiger partial charge on any atom is 0.153 e. The molecule has 0 saturated carbocycles. The lowest BCUT2D eigenvalue weighted by atomic mass is 10.1. The van der Waals surface area contributed by atoms with Gasteiger partial charge in [0.25, 0.3) is 0 Å². The van der Waals surface area contributed by atoms with Crippen molar-refractivity contribution in [2.75, 3.05) is 14.1 Å². The minimum absolute atomic E-state index is 0.164. The summed E-state index contributed by atoms with van der Waals surface area (Å²) in [5.41, 5.74) is 8.31. The molecule has 0 amide bonds. The Labute approximate surface area is 112 Å². The highest BCUT2D eigenvalue weighted by Crippen LogP contribution is 2.22. The molecule has 1 aromatic carbocycles. The lowest BCUT2D eigenvalue weighted by Crippen LogP contribution is -2.21. The number of hydrogen-bond donors (Lipinski definition) is 2. The summed E-state index contributed by atoms with van der Waals surface area (Å²) in [6.45, 7) is 1.85. The molecule has 0 saturated heterocycles. The first kappa shape index (κ1) is 13.3. The Morgan fingerprint density at radius 2 is 1.95 bits per heavy atom. The van der Waals surface area contributed by atoms with E-state index in [1.807, 2.05) is 51.4 Å². The van der Waals surface area contributed by atoms with Gasteiger partial charge in [-0.25, -0.2) is 0 Å². The first-order valence-electron chi connectivity index (χ1n) is 6.08. The van der Waals surface area contributed by atoms with E-state index < -0.39 is 0 Å². The summed E-state index contributed by atoms with van der Waals surface area (Å²) >= 11 is 0. The largest absolute Gasteiger partial charge is 0.363 e. The van der Waals surface area contributed by atoms with Gasteiger partial charge in [-0.2, -0.15) is 0 Å². The Hall–Kier alpha value is -2.14. The van der Waals surface area contributed by atoms with Gasteiger partial charge in [0.05, 0.1) is 6.04 Å². The Kier molecular flexibility index (Phi) is 3.66. The third-order valence-electron chi connectivity index (χ3n) is 2.88. The van der Waals surface area contributed by atoms with Crippen molar-refractivity contribution in [2.45, 2.75) is 13.0 Å². The van der Waals surface area contributed by atoms with Crippen LogP contribution < -0.4 is 5.73 Å². The molecule has 5 nitrogen and oxygen atoms in total. The lowest BCUT2D eigenvalue weighted by Gasteiger charge is -2.13. The topological polar surface area (TPSA) is 79.1 Å². The molecule has 1 unspecified atom stereocenters. The van der Waals surface area contributed by atoms with E-state index in [0.29, 0.717) is 11.6 Å². The summed E-state index contributed by atoms with van der Waals surface area (Å²) in [6.07, 6.45) is 0. The molecule has 19 heavy (non-hydrogen) atoms. The Balaban J connectivity index is 2.24. The quantitative estimate of drug-likeness (QED) is 0.653. The van der Waals surface area contributed by atoms with E-state index in [1.165, 1.54) is 0 Å². The van der Waals surface area contributed by atoms with Gasteiger partial charge >= 0.3 is 0 Å². The zero-order chi connectivity index (χ0) is 14.0. The Bertz CT molecular complexity index is 569. The van der Waals surface area contributed by atoms with E-state index in [4.69, 9.17) is 15.7 Å². The highest BCUT2D eigenvalue weighted by Gasteiger charge is 2.10. The number of amidine groups is 1. The average Bonchev–Trinajstić information content (AvgIpc) is 2.87. The standard InChI is InChI=1S/C14H18N4O/c1-9(15)13-8-12(17-19-13)10-4-6-11(7-5-10)14(16)18(2)3/h4-9,16H,15H2,1-3H3. The number of nitrogens with zero attached hydrogens (tertiary/aromatic N) is 2. The summed E-state index contributed by atoms with van der Waals surface area (Å²) in [5.74, 6) is 1.14. The van der Waals surface area contributed by atoms with E-state index in [1.54, 1.807) is 4.90 Å². The van der Waals surface area contributed by atoms with E-state index in [9.17, 15) is 0 Å². The zero-order valence-electron chi connectivity index (χ0n) is 11.3. The van der Waals surface area contributed by atoms with Gasteiger partial charge in [-0.05, 0) is 6.92 Å². The van der Waals surface area contributed by atoms with Crippen molar-refractivity contribution in [2.24, 2.45) is 5.73 Å². The molecule has 2 rings (SSSR count). The highest BCUT2D eigenvalue weighted by molar-refractivity contribution is 5.96. The molecule has 0 aliphatic carbocycles. The third kappa shape index (κ3) is 2.82. The minimum atomic E-state index is -0.164. The molecule has 1 aromatic heterocycles. The predicted octanol–water partition coefficient (Wildman–Crippen LogP) is 2.25. The van der Waals surface area contributed by atoms with Gasteiger partial charge in [-0.15, -0.1) is 0 Å². The molecule has 1 heterocycles. The van der Waals surface area contributed by atoms with Gasteiger partial charge in [-0.3, -0.25) is 5.41 Å². The smallest absolute Gasteiger partial charge is 0.153 e. The number of nitrogens with one attached hydrogen (secondary N) is 1. The van der Waals surface area contributed by atoms with Crippen molar-refractivity contribution in [3.63, 3.8) is 0 Å². The summed E-state index contributed by atoms with van der Waals surface area (Å²) in [6, 6.07) is 9.33. The molecule has 1 atom stereocenters. The molecule has 0 bridgehead atoms. The van der Waals surface area contributed by atoms with Crippen LogP contribution >= 0.6 is 0 Å². The average molecular weight is 258 g/mol. The maximum absolute atomic E-state index is 7.90. The van der Waals surface area contributed by atoms with Gasteiger partial charge in [0.2, 0.25) is 0 Å². The molecule has 5 heteroatoms. The van der Waals surface area contributed by atoms with Crippen molar-refractivity contribution in [1.82, 2.24) is 10.1 Å². The van der Waals surface area contributed by atoms with Crippen LogP contribution in [0.2, 0.25) is 0 Å². The zero-order valence-corrected chi connectivity index (χ0v) is 11.3. The van der Waals surface area contributed by atoms with Crippen LogP contribution in [0.3, 0.4) is 0 Å². The molecule has 0 aliphatic rings. The van der Waals surface area contributed by atoms with Crippen molar-refractivity contribution in [3.05, 3.63) is 41.7 Å². The third-order valence-corrected chi connectivity index (χ3v) is 2.88. The lowest BCUT2D eigenvalue weighted by molar-refractivity contribution is 0.369. The fraction of sp³-hybridized carbons (Fsp3) is 0.286. The van der Waals surface area contributed by atoms with Crippen LogP contribution in [-0.4, -0.2) is 30.0 Å². The summed E-state index contributed by atoms with van der Waals surface area (Å²) in [5, 5.41) is 11.9. The Morgan fingerprint density at radius 3 is 2.42 bits per heavy atom. The fourth-order valence-electron chi connectivity index (χ4n) is 1.70. The minimum Gasteiger partial charge on any atom is -0.363 e. The number of benzene rings is 1. The molecule has 0 spiro atoms. The van der Waals surface area contributed by atoms with Crippen molar-refractivity contribution < 1.29 is 4.52 Å². The van der Waals surface area contributed by atoms with Crippen molar-refractivity contribution >= 4 is 5.84 Å². The second-order valence-corrected chi connectivity index (χ2v) is 4.72. The van der Waals surface area contributed by atoms with E-state index in [2.05, 4.69) is 5.16 Å². The maximum atomic E-state index is 7.90. The molecule has 100 valence electrons. The number of aromatic nitrogens is 1. The van der Waals surface area contributed by atoms with Crippen molar-refractivity contribution in [3.8, 4) is 11.3 Å². The van der Waals surface area contributed by atoms with Gasteiger partial charge in [0.1, 0.15) is 11.5 Å². The second-order valence-electron chi connectivity index (χ2n) is 4.72. The summed E-state index contributed by atoms with van der Waals surface area (Å²) < 4.78 is 5.17. The molecule has 2 aromatic rings. The summed E-state index contributed by atoms with van der Waals surface area (Å²) in [4.78, 5) is 1.76. The SMILES string of the molecule is CC(N)c1cc(-c2ccc(C(=N)N(C)C)cc2)no1. The van der Waals surface area contributed by atoms with Crippen LogP contribution in [-0.2, 0) is 0 Å². The first-order valence-corrected chi connectivity index (χ1v) is 6.08. The first-order chi connectivity index (χ1) is 8.99. The normalized spacial score (nSPS) is 12.2. The van der Waals surface area contributed by atoms with Gasteiger partial charge in [0.15, 0.2) is 5.76 Å². The van der Waals surface area contributed by atoms with Crippen LogP contribution in [0.5, 0.6) is 0 Å². The van der Waals surface area contributed by atoms with E-state index in [-0.39, 0.29) is 6.04 Å². The predicted molar refractivity (Wildman–Crippen MR) is 75.1 cm³/mol. The molecule has 0 fully saturated rings. The van der Waals surface area contributed by atoms with Crippen LogP contribution in [0.1, 0.15) is 24.3 Å². The van der Waals surface area contributed by atoms with E-state index >= 15 is 0 Å². The van der Waals surface area contributed by atoms with Gasteiger partial charge in [0, 0.05) is 31.3 Å². The van der Waals surface area contributed by atoms with E-state index in [0.717, 1.165) is 16.8 Å². The molecule has 3 N–H and O–H groups in total. The monoisotopic (exact) mass is 258 g/mol. The summed E-state index contributed by atoms with van der Waals surface area (Å²) in [7, 11) is 3.70. The van der Waals surface area contributed by atoms with Crippen LogP contribution in [0, 0.1) is 5.41 Å². The van der Waals surface area contributed by atoms with Crippen molar-refractivity contribution in [1.29, 1.82) is 5.41 Å². The molecule has 0 aliphatic heterocycles. The number of nitrogens with two attached hydrogens (primary N) is 1. The molecular weight excluding hydrogens is 240 g/mol. The number of hydrogen-bond acceptors (Lipinski definition) is 4. The fourth-order valence-corrected chi connectivity index (χ4v) is 1.70.